The van der Waals surface area contributed by atoms with Gasteiger partial charge in [0.15, 0.2) is 0 Å². The van der Waals surface area contributed by atoms with Gasteiger partial charge in [-0.1, -0.05) is 77.1 Å². The van der Waals surface area contributed by atoms with E-state index in [-0.39, 0.29) is 18.9 Å². The van der Waals surface area contributed by atoms with Gasteiger partial charge in [-0.05, 0) is 48.2 Å². The van der Waals surface area contributed by atoms with E-state index in [4.69, 9.17) is 0 Å². The number of hydrogen-bond acceptors (Lipinski definition) is 6. The number of nitrogens with zero attached hydrogens (tertiary/aromatic N) is 1. The average molecular weight is 525 g/mol. The van der Waals surface area contributed by atoms with Crippen molar-refractivity contribution in [3.05, 3.63) is 48.0 Å². The maximum Gasteiger partial charge on any atom is 0.247 e. The number of nitrogens with one attached hydrogen (secondary N) is 3. The van der Waals surface area contributed by atoms with Crippen LogP contribution in [0.15, 0.2) is 42.5 Å². The second-order valence-electron chi connectivity index (χ2n) is 11.8. The van der Waals surface area contributed by atoms with E-state index in [1.807, 2.05) is 42.5 Å². The molecular weight excluding hydrogens is 480 g/mol. The molecule has 3 atom stereocenters. The third-order valence-electron chi connectivity index (χ3n) is 6.76. The molecule has 1 fully saturated rings. The van der Waals surface area contributed by atoms with Crippen molar-refractivity contribution in [1.82, 2.24) is 20.9 Å². The maximum absolute atomic E-state index is 13.7. The molecule has 2 aromatic rings. The van der Waals surface area contributed by atoms with Crippen LogP contribution in [0.5, 0.6) is 0 Å². The summed E-state index contributed by atoms with van der Waals surface area (Å²) in [6.45, 7) is 11.2. The number of imide groups is 1. The molecular formula is C30H44N4O4. The molecule has 8 heteroatoms. The van der Waals surface area contributed by atoms with E-state index in [0.717, 1.165) is 29.3 Å². The van der Waals surface area contributed by atoms with Crippen molar-refractivity contribution >= 4 is 28.5 Å². The lowest BCUT2D eigenvalue weighted by molar-refractivity contribution is -0.157. The van der Waals surface area contributed by atoms with Gasteiger partial charge in [-0.2, -0.15) is 0 Å². The molecule has 0 aliphatic carbocycles. The molecule has 0 saturated carbocycles. The van der Waals surface area contributed by atoms with Crippen molar-refractivity contribution in [1.29, 1.82) is 0 Å². The highest BCUT2D eigenvalue weighted by Crippen LogP contribution is 2.25. The summed E-state index contributed by atoms with van der Waals surface area (Å²) in [4.78, 5) is 42.3. The molecule has 1 aliphatic rings. The Bertz CT molecular complexity index is 1100. The predicted octanol–water partition coefficient (Wildman–Crippen LogP) is 2.63. The molecule has 0 aromatic heterocycles. The van der Waals surface area contributed by atoms with Gasteiger partial charge in [0, 0.05) is 24.9 Å². The van der Waals surface area contributed by atoms with Crippen molar-refractivity contribution in [2.75, 3.05) is 26.2 Å². The lowest BCUT2D eigenvalue weighted by Crippen LogP contribution is -2.60. The number of amides is 3. The third kappa shape index (κ3) is 8.09. The van der Waals surface area contributed by atoms with E-state index >= 15 is 0 Å². The van der Waals surface area contributed by atoms with Crippen LogP contribution in [0.25, 0.3) is 10.8 Å². The average Bonchev–Trinajstić information content (AvgIpc) is 3.41. The highest BCUT2D eigenvalue weighted by molar-refractivity contribution is 6.04. The van der Waals surface area contributed by atoms with Crippen LogP contribution in [0, 0.1) is 11.3 Å². The second-order valence-corrected chi connectivity index (χ2v) is 11.8. The third-order valence-corrected chi connectivity index (χ3v) is 6.76. The fourth-order valence-electron chi connectivity index (χ4n) is 4.66. The monoisotopic (exact) mass is 524 g/mol. The van der Waals surface area contributed by atoms with Crippen molar-refractivity contribution in [2.24, 2.45) is 11.3 Å². The molecule has 4 N–H and O–H groups in total. The fraction of sp³-hybridized carbons (Fsp3) is 0.567. The van der Waals surface area contributed by atoms with Crippen LogP contribution in [0.4, 0.5) is 0 Å². The molecule has 0 radical (unpaired) electrons. The highest BCUT2D eigenvalue weighted by Gasteiger charge is 2.42. The molecule has 0 bridgehead atoms. The van der Waals surface area contributed by atoms with E-state index in [1.54, 1.807) is 20.8 Å². The van der Waals surface area contributed by atoms with Crippen molar-refractivity contribution in [3.8, 4) is 0 Å². The zero-order chi connectivity index (χ0) is 27.9. The van der Waals surface area contributed by atoms with Crippen LogP contribution in [-0.2, 0) is 20.8 Å². The number of fused-ring (bicyclic) bond motifs is 1. The van der Waals surface area contributed by atoms with Crippen LogP contribution < -0.4 is 16.0 Å². The first-order valence-corrected chi connectivity index (χ1v) is 13.7. The maximum atomic E-state index is 13.7. The molecule has 1 heterocycles. The summed E-state index contributed by atoms with van der Waals surface area (Å²) in [5, 5.41) is 21.7. The summed E-state index contributed by atoms with van der Waals surface area (Å²) in [6, 6.07) is 12.3. The zero-order valence-corrected chi connectivity index (χ0v) is 23.4. The largest absolute Gasteiger partial charge is 0.390 e. The molecule has 1 saturated heterocycles. The van der Waals surface area contributed by atoms with E-state index in [9.17, 15) is 19.5 Å². The Morgan fingerprint density at radius 2 is 1.76 bits per heavy atom. The topological polar surface area (TPSA) is 111 Å². The molecule has 3 rings (SSSR count). The molecule has 0 spiro atoms. The SMILES string of the molecule is CC(C)CNCC(O)CNC(=O)[C@@H](Cc1ccc2ccccc2c1)N(C(=O)[C@@H]1CCCN1)C(=O)C(C)(C)C. The van der Waals surface area contributed by atoms with E-state index in [0.29, 0.717) is 25.4 Å². The number of aliphatic hydroxyl groups is 1. The van der Waals surface area contributed by atoms with Gasteiger partial charge < -0.3 is 21.1 Å². The molecule has 2 aromatic carbocycles. The van der Waals surface area contributed by atoms with Crippen LogP contribution in [0.2, 0.25) is 0 Å². The van der Waals surface area contributed by atoms with Gasteiger partial charge in [-0.25, -0.2) is 0 Å². The summed E-state index contributed by atoms with van der Waals surface area (Å²) in [5.74, 6) is -0.779. The van der Waals surface area contributed by atoms with E-state index in [1.165, 1.54) is 4.90 Å². The minimum Gasteiger partial charge on any atom is -0.390 e. The Morgan fingerprint density at radius 1 is 1.05 bits per heavy atom. The minimum atomic E-state index is -1.05. The molecule has 1 aliphatic heterocycles. The molecule has 1 unspecified atom stereocenters. The van der Waals surface area contributed by atoms with Crippen LogP contribution in [-0.4, -0.2) is 72.1 Å². The van der Waals surface area contributed by atoms with E-state index < -0.39 is 35.4 Å². The number of carbonyl (C=O) groups is 3. The van der Waals surface area contributed by atoms with Crippen molar-refractivity contribution in [2.45, 2.75) is 72.1 Å². The molecule has 3 amide bonds. The van der Waals surface area contributed by atoms with Gasteiger partial charge in [0.1, 0.15) is 6.04 Å². The van der Waals surface area contributed by atoms with E-state index in [2.05, 4.69) is 29.8 Å². The fourth-order valence-corrected chi connectivity index (χ4v) is 4.66. The molecule has 8 nitrogen and oxygen atoms in total. The first-order chi connectivity index (χ1) is 18.0. The molecule has 208 valence electrons. The summed E-state index contributed by atoms with van der Waals surface area (Å²) >= 11 is 0. The standard InChI is InChI=1S/C30H44N4O4/c1-20(2)17-31-18-24(35)19-33-27(36)26(16-21-12-13-22-9-6-7-10-23(22)15-21)34(29(38)30(3,4)5)28(37)25-11-8-14-32-25/h6-7,9-10,12-13,15,20,24-26,31-32,35H,8,11,14,16-19H2,1-5H3,(H,33,36)/t24?,25-,26+/m0/s1. The highest BCUT2D eigenvalue weighted by atomic mass is 16.3. The van der Waals surface area contributed by atoms with Crippen molar-refractivity contribution in [3.63, 3.8) is 0 Å². The normalized spacial score (nSPS) is 17.4. The first-order valence-electron chi connectivity index (χ1n) is 13.7. The zero-order valence-electron chi connectivity index (χ0n) is 23.4. The van der Waals surface area contributed by atoms with Gasteiger partial charge in [0.2, 0.25) is 17.7 Å². The quantitative estimate of drug-likeness (QED) is 0.360. The Hall–Kier alpha value is -2.81. The van der Waals surface area contributed by atoms with Gasteiger partial charge in [-0.15, -0.1) is 0 Å². The Morgan fingerprint density at radius 3 is 2.39 bits per heavy atom. The number of benzene rings is 2. The molecule has 38 heavy (non-hydrogen) atoms. The number of hydrogen-bond donors (Lipinski definition) is 4. The summed E-state index contributed by atoms with van der Waals surface area (Å²) in [5.41, 5.74) is -0.0157. The first kappa shape index (κ1) is 29.7. The predicted molar refractivity (Wildman–Crippen MR) is 150 cm³/mol. The summed E-state index contributed by atoms with van der Waals surface area (Å²) in [7, 11) is 0. The van der Waals surface area contributed by atoms with Gasteiger partial charge in [0.05, 0.1) is 12.1 Å². The lowest BCUT2D eigenvalue weighted by atomic mass is 9.91. The summed E-state index contributed by atoms with van der Waals surface area (Å²) < 4.78 is 0. The number of carbonyl (C=O) groups excluding carboxylic acids is 3. The summed E-state index contributed by atoms with van der Waals surface area (Å²) in [6.07, 6.45) is 0.846. The Balaban J connectivity index is 1.90. The van der Waals surface area contributed by atoms with Gasteiger partial charge in [0.25, 0.3) is 0 Å². The number of rotatable bonds is 11. The Kier molecular flexibility index (Phi) is 10.4. The number of aliphatic hydroxyl groups excluding tert-OH is 1. The van der Waals surface area contributed by atoms with Crippen LogP contribution in [0.3, 0.4) is 0 Å². The van der Waals surface area contributed by atoms with Gasteiger partial charge >= 0.3 is 0 Å². The van der Waals surface area contributed by atoms with Crippen LogP contribution in [0.1, 0.15) is 53.0 Å². The second kappa shape index (κ2) is 13.3. The minimum absolute atomic E-state index is 0.0194. The van der Waals surface area contributed by atoms with Gasteiger partial charge in [-0.3, -0.25) is 19.3 Å². The smallest absolute Gasteiger partial charge is 0.247 e. The lowest BCUT2D eigenvalue weighted by Gasteiger charge is -2.35. The van der Waals surface area contributed by atoms with Crippen molar-refractivity contribution < 1.29 is 19.5 Å². The van der Waals surface area contributed by atoms with Crippen LogP contribution >= 0.6 is 0 Å². The Labute approximate surface area is 226 Å².